The summed E-state index contributed by atoms with van der Waals surface area (Å²) in [4.78, 5) is 4.42. The van der Waals surface area contributed by atoms with Gasteiger partial charge in [0.2, 0.25) is 0 Å². The van der Waals surface area contributed by atoms with Crippen LogP contribution in [0.4, 0.5) is 0 Å². The number of rotatable bonds is 8. The van der Waals surface area contributed by atoms with Crippen molar-refractivity contribution in [2.24, 2.45) is 0 Å². The molecular weight excluding hydrogens is 434 g/mol. The predicted molar refractivity (Wildman–Crippen MR) is 139 cm³/mol. The first-order valence-corrected chi connectivity index (χ1v) is 11.6. The Morgan fingerprint density at radius 1 is 0.943 bits per heavy atom. The minimum atomic E-state index is 0.438. The second-order valence-corrected chi connectivity index (χ2v) is 8.21. The van der Waals surface area contributed by atoms with Crippen molar-refractivity contribution in [2.45, 2.75) is 20.1 Å². The number of hydrogen-bond donors (Lipinski definition) is 0. The molecule has 0 amide bonds. The van der Waals surface area contributed by atoms with Crippen LogP contribution >= 0.6 is 0 Å². The number of nitrogens with zero attached hydrogens (tertiary/aromatic N) is 3. The van der Waals surface area contributed by atoms with Crippen LogP contribution in [0.15, 0.2) is 96.8 Å². The van der Waals surface area contributed by atoms with Gasteiger partial charge in [0.15, 0.2) is 11.5 Å². The minimum Gasteiger partial charge on any atom is -0.490 e. The van der Waals surface area contributed by atoms with Gasteiger partial charge in [0, 0.05) is 5.57 Å². The highest BCUT2D eigenvalue weighted by atomic mass is 16.5. The summed E-state index contributed by atoms with van der Waals surface area (Å²) in [5, 5.41) is 12.1. The van der Waals surface area contributed by atoms with Gasteiger partial charge in [0.1, 0.15) is 6.61 Å². The Hall–Kier alpha value is -4.56. The van der Waals surface area contributed by atoms with Crippen molar-refractivity contribution in [3.05, 3.63) is 108 Å². The summed E-state index contributed by atoms with van der Waals surface area (Å²) in [6.07, 6.45) is 3.65. The average Bonchev–Trinajstić information content (AvgIpc) is 3.30. The van der Waals surface area contributed by atoms with Crippen LogP contribution in [-0.4, -0.2) is 16.2 Å². The molecule has 5 aromatic rings. The number of allylic oxidation sites excluding steroid dienone is 1. The van der Waals surface area contributed by atoms with Crippen molar-refractivity contribution < 1.29 is 9.47 Å². The lowest BCUT2D eigenvalue weighted by Gasteiger charge is -2.14. The third-order valence-electron chi connectivity index (χ3n) is 5.88. The van der Waals surface area contributed by atoms with Crippen LogP contribution in [0.1, 0.15) is 18.1 Å². The Bertz CT molecular complexity index is 1550. The van der Waals surface area contributed by atoms with E-state index in [1.807, 2.05) is 78.2 Å². The first kappa shape index (κ1) is 22.2. The molecule has 5 nitrogen and oxygen atoms in total. The summed E-state index contributed by atoms with van der Waals surface area (Å²) in [6.45, 7) is 3.35. The van der Waals surface area contributed by atoms with Crippen molar-refractivity contribution in [3.8, 4) is 17.6 Å². The summed E-state index contributed by atoms with van der Waals surface area (Å²) in [5.41, 5.74) is 4.54. The van der Waals surface area contributed by atoms with E-state index < -0.39 is 0 Å². The van der Waals surface area contributed by atoms with E-state index in [1.165, 1.54) is 10.8 Å². The second kappa shape index (κ2) is 10.1. The molecule has 0 unspecified atom stereocenters. The molecular formula is C30H25N3O2. The highest BCUT2D eigenvalue weighted by Gasteiger charge is 2.10. The van der Waals surface area contributed by atoms with Crippen LogP contribution < -0.4 is 9.47 Å². The Kier molecular flexibility index (Phi) is 6.45. The van der Waals surface area contributed by atoms with Gasteiger partial charge < -0.3 is 14.0 Å². The zero-order valence-corrected chi connectivity index (χ0v) is 19.5. The average molecular weight is 460 g/mol. The molecule has 0 bridgehead atoms. The minimum absolute atomic E-state index is 0.438. The molecule has 5 heteroatoms. The molecule has 0 aliphatic heterocycles. The lowest BCUT2D eigenvalue weighted by molar-refractivity contribution is 0.270. The van der Waals surface area contributed by atoms with Gasteiger partial charge in [-0.25, -0.2) is 4.98 Å². The second-order valence-electron chi connectivity index (χ2n) is 8.21. The topological polar surface area (TPSA) is 60.1 Å². The van der Waals surface area contributed by atoms with E-state index in [2.05, 4.69) is 35.3 Å². The number of benzene rings is 4. The van der Waals surface area contributed by atoms with Gasteiger partial charge in [-0.2, -0.15) is 5.26 Å². The normalized spacial score (nSPS) is 11.5. The first-order valence-electron chi connectivity index (χ1n) is 11.6. The summed E-state index contributed by atoms with van der Waals surface area (Å²) < 4.78 is 14.0. The van der Waals surface area contributed by atoms with Crippen LogP contribution in [0, 0.1) is 11.3 Å². The SMILES string of the molecule is CCOc1cc(/C=C(/C#N)Cn2cnc3ccccc32)ccc1OCc1cccc2ccccc12. The van der Waals surface area contributed by atoms with E-state index >= 15 is 0 Å². The van der Waals surface area contributed by atoms with E-state index in [0.717, 1.165) is 22.2 Å². The molecule has 5 rings (SSSR count). The van der Waals surface area contributed by atoms with Crippen LogP contribution in [0.25, 0.3) is 27.9 Å². The molecule has 4 aromatic carbocycles. The number of ether oxygens (including phenoxy) is 2. The van der Waals surface area contributed by atoms with Gasteiger partial charge >= 0.3 is 0 Å². The monoisotopic (exact) mass is 459 g/mol. The molecule has 0 saturated heterocycles. The number of hydrogen-bond acceptors (Lipinski definition) is 4. The Balaban J connectivity index is 1.38. The predicted octanol–water partition coefficient (Wildman–Crippen LogP) is 6.77. The van der Waals surface area contributed by atoms with Crippen LogP contribution in [-0.2, 0) is 13.2 Å². The fourth-order valence-electron chi connectivity index (χ4n) is 4.21. The molecule has 0 aliphatic carbocycles. The standard InChI is InChI=1S/C30H25N3O2/c1-2-34-30-17-22(16-23(18-31)19-33-21-32-27-12-5-6-13-28(27)33)14-15-29(30)35-20-25-10-7-9-24-8-3-4-11-26(24)25/h3-17,21H,2,19-20H2,1H3/b23-16-. The quantitative estimate of drug-likeness (QED) is 0.240. The Morgan fingerprint density at radius 2 is 1.77 bits per heavy atom. The van der Waals surface area contributed by atoms with Crippen molar-refractivity contribution in [1.29, 1.82) is 5.26 Å². The third kappa shape index (κ3) is 4.87. The van der Waals surface area contributed by atoms with Crippen molar-refractivity contribution in [2.75, 3.05) is 6.61 Å². The summed E-state index contributed by atoms with van der Waals surface area (Å²) >= 11 is 0. The summed E-state index contributed by atoms with van der Waals surface area (Å²) in [5.74, 6) is 1.34. The maximum absolute atomic E-state index is 9.77. The molecule has 35 heavy (non-hydrogen) atoms. The van der Waals surface area contributed by atoms with Gasteiger partial charge in [-0.1, -0.05) is 60.7 Å². The van der Waals surface area contributed by atoms with E-state index in [1.54, 1.807) is 6.33 Å². The fraction of sp³-hybridized carbons (Fsp3) is 0.133. The van der Waals surface area contributed by atoms with E-state index in [0.29, 0.717) is 36.8 Å². The maximum atomic E-state index is 9.77. The number of aromatic nitrogens is 2. The van der Waals surface area contributed by atoms with Gasteiger partial charge in [0.05, 0.1) is 36.6 Å². The number of nitriles is 1. The zero-order valence-electron chi connectivity index (χ0n) is 19.5. The van der Waals surface area contributed by atoms with Gasteiger partial charge in [-0.05, 0) is 59.2 Å². The number of fused-ring (bicyclic) bond motifs is 2. The summed E-state index contributed by atoms with van der Waals surface area (Å²) in [7, 11) is 0. The van der Waals surface area contributed by atoms with Gasteiger partial charge in [-0.3, -0.25) is 0 Å². The van der Waals surface area contributed by atoms with Crippen molar-refractivity contribution in [3.63, 3.8) is 0 Å². The molecule has 0 aliphatic rings. The molecule has 172 valence electrons. The molecule has 1 heterocycles. The van der Waals surface area contributed by atoms with Crippen LogP contribution in [0.5, 0.6) is 11.5 Å². The van der Waals surface area contributed by atoms with E-state index in [-0.39, 0.29) is 0 Å². The van der Waals surface area contributed by atoms with E-state index in [4.69, 9.17) is 9.47 Å². The van der Waals surface area contributed by atoms with Gasteiger partial charge in [-0.15, -0.1) is 0 Å². The zero-order chi connectivity index (χ0) is 24.0. The van der Waals surface area contributed by atoms with E-state index in [9.17, 15) is 5.26 Å². The molecule has 0 saturated carbocycles. The molecule has 1 aromatic heterocycles. The highest BCUT2D eigenvalue weighted by molar-refractivity contribution is 5.85. The largest absolute Gasteiger partial charge is 0.490 e. The Labute approximate surface area is 204 Å². The first-order chi connectivity index (χ1) is 17.2. The lowest BCUT2D eigenvalue weighted by Crippen LogP contribution is -2.01. The van der Waals surface area contributed by atoms with Crippen LogP contribution in [0.2, 0.25) is 0 Å². The van der Waals surface area contributed by atoms with Crippen molar-refractivity contribution in [1.82, 2.24) is 9.55 Å². The van der Waals surface area contributed by atoms with Crippen molar-refractivity contribution >= 4 is 27.9 Å². The summed E-state index contributed by atoms with van der Waals surface area (Å²) in [6, 6.07) is 30.5. The van der Waals surface area contributed by atoms with Gasteiger partial charge in [0.25, 0.3) is 0 Å². The maximum Gasteiger partial charge on any atom is 0.161 e. The smallest absolute Gasteiger partial charge is 0.161 e. The number of imidazole rings is 1. The molecule has 0 N–H and O–H groups in total. The fourth-order valence-corrected chi connectivity index (χ4v) is 4.21. The molecule has 0 atom stereocenters. The highest BCUT2D eigenvalue weighted by Crippen LogP contribution is 2.31. The molecule has 0 radical (unpaired) electrons. The lowest BCUT2D eigenvalue weighted by atomic mass is 10.1. The molecule has 0 fully saturated rings. The van der Waals surface area contributed by atoms with Crippen LogP contribution in [0.3, 0.4) is 0 Å². The molecule has 0 spiro atoms. The third-order valence-corrected chi connectivity index (χ3v) is 5.88. The number of para-hydroxylation sites is 2. The Morgan fingerprint density at radius 3 is 2.66 bits per heavy atom.